The lowest BCUT2D eigenvalue weighted by Crippen LogP contribution is -2.34. The maximum Gasteiger partial charge on any atom is 0.249 e. The molecule has 0 spiro atoms. The van der Waals surface area contributed by atoms with Crippen LogP contribution in [0.25, 0.3) is 0 Å². The highest BCUT2D eigenvalue weighted by Crippen LogP contribution is 2.30. The van der Waals surface area contributed by atoms with E-state index in [1.54, 1.807) is 11.8 Å². The van der Waals surface area contributed by atoms with Crippen LogP contribution in [0.1, 0.15) is 30.6 Å². The summed E-state index contributed by atoms with van der Waals surface area (Å²) in [6.07, 6.45) is 1.78. The first-order valence-electron chi connectivity index (χ1n) is 8.09. The molecular weight excluding hydrogens is 310 g/mol. The van der Waals surface area contributed by atoms with E-state index in [1.807, 2.05) is 30.3 Å². The molecule has 3 rings (SSSR count). The molecule has 0 unspecified atom stereocenters. The zero-order valence-corrected chi connectivity index (χ0v) is 13.7. The average Bonchev–Trinajstić information content (AvgIpc) is 3.24. The molecule has 1 fully saturated rings. The largest absolute Gasteiger partial charge is 0.491 e. The Kier molecular flexibility index (Phi) is 5.43. The summed E-state index contributed by atoms with van der Waals surface area (Å²) < 4.78 is 16.0. The lowest BCUT2D eigenvalue weighted by molar-refractivity contribution is -0.137. The fourth-order valence-electron chi connectivity index (χ4n) is 2.76. The molecule has 1 atom stereocenters. The van der Waals surface area contributed by atoms with E-state index in [-0.39, 0.29) is 18.6 Å². The van der Waals surface area contributed by atoms with E-state index < -0.39 is 0 Å². The summed E-state index contributed by atoms with van der Waals surface area (Å²) in [6, 6.07) is 9.40. The summed E-state index contributed by atoms with van der Waals surface area (Å²) in [5.41, 5.74) is 0. The topological polar surface area (TPSA) is 77.7 Å². The second-order valence-corrected chi connectivity index (χ2v) is 5.63. The molecule has 2 heterocycles. The van der Waals surface area contributed by atoms with E-state index in [2.05, 4.69) is 10.1 Å². The molecule has 1 saturated heterocycles. The van der Waals surface area contributed by atoms with Crippen molar-refractivity contribution in [3.63, 3.8) is 0 Å². The molecule has 7 nitrogen and oxygen atoms in total. The van der Waals surface area contributed by atoms with Crippen molar-refractivity contribution < 1.29 is 18.8 Å². The van der Waals surface area contributed by atoms with Crippen LogP contribution in [0.5, 0.6) is 5.75 Å². The van der Waals surface area contributed by atoms with Crippen molar-refractivity contribution in [2.75, 3.05) is 26.4 Å². The van der Waals surface area contributed by atoms with Crippen molar-refractivity contribution >= 4 is 5.91 Å². The van der Waals surface area contributed by atoms with Crippen LogP contribution >= 0.6 is 0 Å². The van der Waals surface area contributed by atoms with Crippen molar-refractivity contribution in [3.8, 4) is 5.75 Å². The Hall–Kier alpha value is -2.41. The van der Waals surface area contributed by atoms with Gasteiger partial charge in [-0.3, -0.25) is 4.79 Å². The molecule has 1 aromatic heterocycles. The van der Waals surface area contributed by atoms with Crippen molar-refractivity contribution in [1.82, 2.24) is 15.0 Å². The van der Waals surface area contributed by atoms with Gasteiger partial charge in [-0.1, -0.05) is 23.4 Å². The number of likely N-dealkylation sites (tertiary alicyclic amines) is 1. The summed E-state index contributed by atoms with van der Waals surface area (Å²) in [5.74, 6) is 1.82. The standard InChI is InChI=1S/C17H21N3O4/c1-13-18-17(19-24-13)15-8-5-9-20(15)16(21)12-22-10-11-23-14-6-3-2-4-7-14/h2-4,6-7,15H,5,8-12H2,1H3/t15-/m0/s1. The van der Waals surface area contributed by atoms with Gasteiger partial charge in [-0.25, -0.2) is 0 Å². The number of rotatable bonds is 7. The van der Waals surface area contributed by atoms with E-state index in [0.29, 0.717) is 31.5 Å². The number of nitrogens with zero attached hydrogens (tertiary/aromatic N) is 3. The van der Waals surface area contributed by atoms with Crippen molar-refractivity contribution in [3.05, 3.63) is 42.0 Å². The molecule has 0 saturated carbocycles. The first-order chi connectivity index (χ1) is 11.7. The van der Waals surface area contributed by atoms with Gasteiger partial charge in [-0.05, 0) is 25.0 Å². The molecule has 128 valence electrons. The molecule has 1 aromatic carbocycles. The van der Waals surface area contributed by atoms with Gasteiger partial charge in [-0.2, -0.15) is 4.98 Å². The van der Waals surface area contributed by atoms with Crippen LogP contribution in [0.3, 0.4) is 0 Å². The molecule has 1 aliphatic heterocycles. The van der Waals surface area contributed by atoms with E-state index in [4.69, 9.17) is 14.0 Å². The first kappa shape index (κ1) is 16.4. The number of aryl methyl sites for hydroxylation is 1. The van der Waals surface area contributed by atoms with Gasteiger partial charge in [0.05, 0.1) is 12.6 Å². The molecule has 1 amide bonds. The minimum absolute atomic E-state index is 0.0332. The Balaban J connectivity index is 1.41. The third-order valence-electron chi connectivity index (χ3n) is 3.88. The Bertz CT molecular complexity index is 659. The van der Waals surface area contributed by atoms with Crippen LogP contribution in [-0.2, 0) is 9.53 Å². The zero-order valence-electron chi connectivity index (χ0n) is 13.7. The van der Waals surface area contributed by atoms with Crippen molar-refractivity contribution in [2.45, 2.75) is 25.8 Å². The minimum Gasteiger partial charge on any atom is -0.491 e. The Morgan fingerprint density at radius 1 is 1.33 bits per heavy atom. The fraction of sp³-hybridized carbons (Fsp3) is 0.471. The predicted molar refractivity (Wildman–Crippen MR) is 85.5 cm³/mol. The van der Waals surface area contributed by atoms with Crippen LogP contribution in [-0.4, -0.2) is 47.3 Å². The Morgan fingerprint density at radius 2 is 2.17 bits per heavy atom. The maximum absolute atomic E-state index is 12.3. The molecule has 0 radical (unpaired) electrons. The summed E-state index contributed by atoms with van der Waals surface area (Å²) in [6.45, 7) is 3.24. The number of hydrogen-bond acceptors (Lipinski definition) is 6. The number of carbonyl (C=O) groups excluding carboxylic acids is 1. The van der Waals surface area contributed by atoms with Gasteiger partial charge >= 0.3 is 0 Å². The number of para-hydroxylation sites is 1. The normalized spacial score (nSPS) is 17.2. The number of ether oxygens (including phenoxy) is 2. The second-order valence-electron chi connectivity index (χ2n) is 5.63. The van der Waals surface area contributed by atoms with E-state index in [0.717, 1.165) is 18.6 Å². The molecular formula is C17H21N3O4. The molecule has 2 aromatic rings. The van der Waals surface area contributed by atoms with Crippen LogP contribution in [0.2, 0.25) is 0 Å². The van der Waals surface area contributed by atoms with Gasteiger partial charge in [0.1, 0.15) is 19.0 Å². The van der Waals surface area contributed by atoms with Gasteiger partial charge in [0.15, 0.2) is 5.82 Å². The van der Waals surface area contributed by atoms with Crippen LogP contribution < -0.4 is 4.74 Å². The summed E-state index contributed by atoms with van der Waals surface area (Å²) in [7, 11) is 0. The number of amides is 1. The minimum atomic E-state index is -0.112. The van der Waals surface area contributed by atoms with Crippen molar-refractivity contribution in [2.24, 2.45) is 0 Å². The number of aromatic nitrogens is 2. The van der Waals surface area contributed by atoms with Gasteiger partial charge in [-0.15, -0.1) is 0 Å². The number of carbonyl (C=O) groups is 1. The van der Waals surface area contributed by atoms with Crippen LogP contribution in [0.4, 0.5) is 0 Å². The first-order valence-corrected chi connectivity index (χ1v) is 8.09. The van der Waals surface area contributed by atoms with Crippen LogP contribution in [0.15, 0.2) is 34.9 Å². The smallest absolute Gasteiger partial charge is 0.249 e. The highest BCUT2D eigenvalue weighted by atomic mass is 16.5. The maximum atomic E-state index is 12.3. The Morgan fingerprint density at radius 3 is 2.92 bits per heavy atom. The third-order valence-corrected chi connectivity index (χ3v) is 3.88. The summed E-state index contributed by atoms with van der Waals surface area (Å²) in [4.78, 5) is 18.3. The zero-order chi connectivity index (χ0) is 16.8. The predicted octanol–water partition coefficient (Wildman–Crippen LogP) is 2.14. The summed E-state index contributed by atoms with van der Waals surface area (Å²) >= 11 is 0. The quantitative estimate of drug-likeness (QED) is 0.723. The lowest BCUT2D eigenvalue weighted by Gasteiger charge is -2.22. The fourth-order valence-corrected chi connectivity index (χ4v) is 2.76. The molecule has 7 heteroatoms. The SMILES string of the molecule is Cc1nc([C@@H]2CCCN2C(=O)COCCOc2ccccc2)no1. The number of hydrogen-bond donors (Lipinski definition) is 0. The number of benzene rings is 1. The molecule has 1 aliphatic rings. The van der Waals surface area contributed by atoms with Crippen LogP contribution in [0, 0.1) is 6.92 Å². The van der Waals surface area contributed by atoms with Gasteiger partial charge < -0.3 is 18.9 Å². The third kappa shape index (κ3) is 4.11. The van der Waals surface area contributed by atoms with Gasteiger partial charge in [0, 0.05) is 13.5 Å². The molecule has 0 aliphatic carbocycles. The highest BCUT2D eigenvalue weighted by Gasteiger charge is 2.32. The van der Waals surface area contributed by atoms with E-state index in [1.165, 1.54) is 0 Å². The molecule has 24 heavy (non-hydrogen) atoms. The monoisotopic (exact) mass is 331 g/mol. The summed E-state index contributed by atoms with van der Waals surface area (Å²) in [5, 5.41) is 3.93. The average molecular weight is 331 g/mol. The molecule has 0 bridgehead atoms. The van der Waals surface area contributed by atoms with Crippen molar-refractivity contribution in [1.29, 1.82) is 0 Å². The highest BCUT2D eigenvalue weighted by molar-refractivity contribution is 5.78. The molecule has 0 N–H and O–H groups in total. The lowest BCUT2D eigenvalue weighted by atomic mass is 10.2. The van der Waals surface area contributed by atoms with E-state index in [9.17, 15) is 4.79 Å². The van der Waals surface area contributed by atoms with E-state index >= 15 is 0 Å². The van der Waals surface area contributed by atoms with Gasteiger partial charge in [0.25, 0.3) is 0 Å². The Labute approximate surface area is 140 Å². The van der Waals surface area contributed by atoms with Gasteiger partial charge in [0.2, 0.25) is 11.8 Å². The second kappa shape index (κ2) is 7.92.